The Morgan fingerprint density at radius 3 is 3.00 bits per heavy atom. The highest BCUT2D eigenvalue weighted by atomic mass is 16.2. The second-order valence-corrected chi connectivity index (χ2v) is 5.61. The smallest absolute Gasteiger partial charge is 0.108 e. The molecule has 0 aliphatic carbocycles. The average molecular weight is 285 g/mol. The van der Waals surface area contributed by atoms with Gasteiger partial charge in [-0.2, -0.15) is 0 Å². The number of imidazole rings is 1. The fourth-order valence-corrected chi connectivity index (χ4v) is 3.01. The Labute approximate surface area is 125 Å². The van der Waals surface area contributed by atoms with E-state index in [0.29, 0.717) is 6.42 Å². The van der Waals surface area contributed by atoms with Crippen LogP contribution in [0, 0.1) is 0 Å². The highest BCUT2D eigenvalue weighted by molar-refractivity contribution is 5.51. The fourth-order valence-electron chi connectivity index (χ4n) is 3.01. The zero-order chi connectivity index (χ0) is 14.5. The minimum absolute atomic E-state index is 0.181. The van der Waals surface area contributed by atoms with Gasteiger partial charge in [-0.3, -0.25) is 0 Å². The van der Waals surface area contributed by atoms with Crippen LogP contribution in [0.1, 0.15) is 36.3 Å². The van der Waals surface area contributed by atoms with Gasteiger partial charge in [-0.25, -0.2) is 4.98 Å². The van der Waals surface area contributed by atoms with Crippen LogP contribution in [-0.2, 0) is 25.9 Å². The fraction of sp³-hybridized carbons (Fsp3) is 0.471. The molecule has 2 aromatic rings. The monoisotopic (exact) mass is 285 g/mol. The molecular weight excluding hydrogens is 262 g/mol. The first-order valence-corrected chi connectivity index (χ1v) is 7.84. The molecule has 1 aromatic heterocycles. The van der Waals surface area contributed by atoms with E-state index in [-0.39, 0.29) is 6.61 Å². The predicted octanol–water partition coefficient (Wildman–Crippen LogP) is 2.76. The van der Waals surface area contributed by atoms with Crippen LogP contribution >= 0.6 is 0 Å². The van der Waals surface area contributed by atoms with Crippen molar-refractivity contribution < 1.29 is 5.11 Å². The second-order valence-electron chi connectivity index (χ2n) is 5.61. The highest BCUT2D eigenvalue weighted by Gasteiger charge is 2.12. The summed E-state index contributed by atoms with van der Waals surface area (Å²) in [5.41, 5.74) is 3.53. The summed E-state index contributed by atoms with van der Waals surface area (Å²) < 4.78 is 2.37. The van der Waals surface area contributed by atoms with Crippen molar-refractivity contribution in [1.82, 2.24) is 9.55 Å². The van der Waals surface area contributed by atoms with Crippen molar-refractivity contribution in [3.63, 3.8) is 0 Å². The number of aliphatic hydroxyl groups excluding tert-OH is 1. The molecule has 2 N–H and O–H groups in total. The molecule has 4 heteroatoms. The first-order valence-electron chi connectivity index (χ1n) is 7.84. The van der Waals surface area contributed by atoms with Crippen LogP contribution in [0.3, 0.4) is 0 Å². The summed E-state index contributed by atoms with van der Waals surface area (Å²) in [7, 11) is 0. The normalized spacial score (nSPS) is 14.5. The second kappa shape index (κ2) is 6.76. The van der Waals surface area contributed by atoms with Gasteiger partial charge in [0.2, 0.25) is 0 Å². The minimum atomic E-state index is 0.181. The first kappa shape index (κ1) is 14.1. The van der Waals surface area contributed by atoms with Gasteiger partial charge >= 0.3 is 0 Å². The van der Waals surface area contributed by atoms with Crippen LogP contribution in [0.4, 0.5) is 5.69 Å². The zero-order valence-electron chi connectivity index (χ0n) is 12.4. The summed E-state index contributed by atoms with van der Waals surface area (Å²) in [6.45, 7) is 2.06. The van der Waals surface area contributed by atoms with Crippen LogP contribution in [0.25, 0.3) is 0 Å². The number of rotatable bonds is 5. The summed E-state index contributed by atoms with van der Waals surface area (Å²) in [6.07, 6.45) is 7.59. The Kier molecular flexibility index (Phi) is 4.55. The molecule has 0 fully saturated rings. The van der Waals surface area contributed by atoms with Crippen molar-refractivity contribution in [2.24, 2.45) is 0 Å². The lowest BCUT2D eigenvalue weighted by Gasteiger charge is -2.13. The first-order chi connectivity index (χ1) is 10.4. The summed E-state index contributed by atoms with van der Waals surface area (Å²) in [6, 6.07) is 8.18. The number of fused-ring (bicyclic) bond motifs is 1. The molecular formula is C17H23N3O. The number of para-hydroxylation sites is 1. The van der Waals surface area contributed by atoms with Gasteiger partial charge in [-0.1, -0.05) is 24.6 Å². The molecule has 0 atom stereocenters. The quantitative estimate of drug-likeness (QED) is 0.888. The van der Waals surface area contributed by atoms with E-state index >= 15 is 0 Å². The lowest BCUT2D eigenvalue weighted by atomic mass is 10.1. The van der Waals surface area contributed by atoms with Crippen LogP contribution in [0.2, 0.25) is 0 Å². The van der Waals surface area contributed by atoms with Crippen molar-refractivity contribution in [2.75, 3.05) is 11.9 Å². The molecule has 4 nitrogen and oxygen atoms in total. The molecule has 1 aromatic carbocycles. The molecule has 112 valence electrons. The predicted molar refractivity (Wildman–Crippen MR) is 84.3 cm³/mol. The Balaban J connectivity index is 1.72. The van der Waals surface area contributed by atoms with Gasteiger partial charge in [0.15, 0.2) is 0 Å². The molecule has 1 aliphatic rings. The van der Waals surface area contributed by atoms with E-state index in [4.69, 9.17) is 5.11 Å². The van der Waals surface area contributed by atoms with Gasteiger partial charge in [0.25, 0.3) is 0 Å². The van der Waals surface area contributed by atoms with Crippen molar-refractivity contribution in [2.45, 2.75) is 45.2 Å². The van der Waals surface area contributed by atoms with Gasteiger partial charge < -0.3 is 15.0 Å². The molecule has 1 aliphatic heterocycles. The van der Waals surface area contributed by atoms with Gasteiger partial charge in [-0.05, 0) is 30.9 Å². The van der Waals surface area contributed by atoms with Gasteiger partial charge in [0.05, 0.1) is 18.4 Å². The Morgan fingerprint density at radius 1 is 1.19 bits per heavy atom. The van der Waals surface area contributed by atoms with Crippen molar-refractivity contribution in [3.8, 4) is 0 Å². The number of anilines is 1. The van der Waals surface area contributed by atoms with Crippen LogP contribution in [0.15, 0.2) is 30.5 Å². The molecule has 0 saturated heterocycles. The molecule has 0 spiro atoms. The van der Waals surface area contributed by atoms with E-state index in [2.05, 4.69) is 27.0 Å². The summed E-state index contributed by atoms with van der Waals surface area (Å²) in [4.78, 5) is 4.57. The zero-order valence-corrected chi connectivity index (χ0v) is 12.4. The molecule has 2 heterocycles. The minimum Gasteiger partial charge on any atom is -0.396 e. The molecule has 0 saturated carbocycles. The van der Waals surface area contributed by atoms with E-state index in [1.54, 1.807) is 0 Å². The van der Waals surface area contributed by atoms with E-state index in [9.17, 15) is 0 Å². The van der Waals surface area contributed by atoms with Crippen LogP contribution in [0.5, 0.6) is 0 Å². The van der Waals surface area contributed by atoms with Crippen LogP contribution in [-0.4, -0.2) is 21.3 Å². The van der Waals surface area contributed by atoms with Gasteiger partial charge in [-0.15, -0.1) is 0 Å². The third kappa shape index (κ3) is 3.27. The summed E-state index contributed by atoms with van der Waals surface area (Å²) in [5, 5.41) is 12.6. The maximum Gasteiger partial charge on any atom is 0.108 e. The van der Waals surface area contributed by atoms with Crippen molar-refractivity contribution in [3.05, 3.63) is 47.5 Å². The third-order valence-corrected chi connectivity index (χ3v) is 4.16. The standard InChI is InChI=1S/C17H23N3O/c21-11-9-14-6-3-4-7-16(14)18-12-15-13-19-17-8-2-1-5-10-20(15)17/h3-4,6-7,13,18,21H,1-2,5,8-12H2. The van der Waals surface area contributed by atoms with Crippen LogP contribution < -0.4 is 5.32 Å². The number of benzene rings is 1. The number of aryl methyl sites for hydroxylation is 1. The number of aliphatic hydroxyl groups is 1. The van der Waals surface area contributed by atoms with E-state index in [1.807, 2.05) is 18.3 Å². The SMILES string of the molecule is OCCc1ccccc1NCc1cnc2n1CCCCC2. The Bertz CT molecular complexity index is 591. The Hall–Kier alpha value is -1.81. The number of nitrogens with zero attached hydrogens (tertiary/aromatic N) is 2. The summed E-state index contributed by atoms with van der Waals surface area (Å²) >= 11 is 0. The summed E-state index contributed by atoms with van der Waals surface area (Å²) in [5.74, 6) is 1.23. The van der Waals surface area contributed by atoms with Crippen molar-refractivity contribution >= 4 is 5.69 Å². The number of hydrogen-bond donors (Lipinski definition) is 2. The number of hydrogen-bond acceptors (Lipinski definition) is 3. The lowest BCUT2D eigenvalue weighted by molar-refractivity contribution is 0.300. The lowest BCUT2D eigenvalue weighted by Crippen LogP contribution is -2.10. The van der Waals surface area contributed by atoms with E-state index in [1.165, 1.54) is 30.8 Å². The topological polar surface area (TPSA) is 50.1 Å². The molecule has 0 amide bonds. The molecule has 21 heavy (non-hydrogen) atoms. The van der Waals surface area contributed by atoms with E-state index in [0.717, 1.165) is 30.8 Å². The highest BCUT2D eigenvalue weighted by Crippen LogP contribution is 2.19. The number of nitrogens with one attached hydrogen (secondary N) is 1. The molecule has 0 unspecified atom stereocenters. The molecule has 0 bridgehead atoms. The number of aromatic nitrogens is 2. The third-order valence-electron chi connectivity index (χ3n) is 4.16. The van der Waals surface area contributed by atoms with E-state index < -0.39 is 0 Å². The van der Waals surface area contributed by atoms with Gasteiger partial charge in [0, 0.05) is 25.3 Å². The maximum atomic E-state index is 9.14. The maximum absolute atomic E-state index is 9.14. The van der Waals surface area contributed by atoms with Crippen molar-refractivity contribution in [1.29, 1.82) is 0 Å². The Morgan fingerprint density at radius 2 is 2.10 bits per heavy atom. The molecule has 3 rings (SSSR count). The average Bonchev–Trinajstić information content (AvgIpc) is 2.74. The molecule has 0 radical (unpaired) electrons. The van der Waals surface area contributed by atoms with Gasteiger partial charge in [0.1, 0.15) is 5.82 Å². The largest absolute Gasteiger partial charge is 0.396 e.